The average Bonchev–Trinajstić information content (AvgIpc) is 2.97. The summed E-state index contributed by atoms with van der Waals surface area (Å²) in [6.45, 7) is 4.36. The molecule has 0 aromatic heterocycles. The SMILES string of the molecule is Cc1ccc(C)c(CN2C(=O)C(O)(CC(=O)/C=C/c3ccccc3)c3ccccc32)c1. The normalized spacial score (nSPS) is 17.9. The van der Waals surface area contributed by atoms with Gasteiger partial charge >= 0.3 is 0 Å². The third-order valence-electron chi connectivity index (χ3n) is 5.76. The second-order valence-corrected chi connectivity index (χ2v) is 8.09. The number of hydrogen-bond acceptors (Lipinski definition) is 3. The minimum atomic E-state index is -1.87. The fourth-order valence-electron chi connectivity index (χ4n) is 4.04. The predicted molar refractivity (Wildman–Crippen MR) is 123 cm³/mol. The second-order valence-electron chi connectivity index (χ2n) is 8.09. The number of nitrogens with zero attached hydrogens (tertiary/aromatic N) is 1. The summed E-state index contributed by atoms with van der Waals surface area (Å²) in [7, 11) is 0. The molecule has 4 nitrogen and oxygen atoms in total. The molecular formula is C27H25NO3. The van der Waals surface area contributed by atoms with Gasteiger partial charge in [-0.15, -0.1) is 0 Å². The van der Waals surface area contributed by atoms with Gasteiger partial charge in [0, 0.05) is 5.56 Å². The Morgan fingerprint density at radius 1 is 1.00 bits per heavy atom. The van der Waals surface area contributed by atoms with Crippen LogP contribution in [-0.4, -0.2) is 16.8 Å². The number of amides is 1. The first-order valence-electron chi connectivity index (χ1n) is 10.3. The van der Waals surface area contributed by atoms with E-state index in [-0.39, 0.29) is 12.2 Å². The highest BCUT2D eigenvalue weighted by atomic mass is 16.3. The van der Waals surface area contributed by atoms with Gasteiger partial charge in [-0.25, -0.2) is 0 Å². The molecule has 1 aliphatic heterocycles. The Kier molecular flexibility index (Phi) is 5.57. The van der Waals surface area contributed by atoms with E-state index < -0.39 is 11.5 Å². The van der Waals surface area contributed by atoms with E-state index in [4.69, 9.17) is 0 Å². The number of fused-ring (bicyclic) bond motifs is 1. The van der Waals surface area contributed by atoms with Gasteiger partial charge < -0.3 is 10.0 Å². The van der Waals surface area contributed by atoms with Crippen LogP contribution in [0.4, 0.5) is 5.69 Å². The topological polar surface area (TPSA) is 57.6 Å². The van der Waals surface area contributed by atoms with E-state index >= 15 is 0 Å². The Labute approximate surface area is 182 Å². The molecule has 3 aromatic carbocycles. The van der Waals surface area contributed by atoms with Crippen LogP contribution in [0.15, 0.2) is 78.9 Å². The number of hydrogen-bond donors (Lipinski definition) is 1. The van der Waals surface area contributed by atoms with Gasteiger partial charge in [-0.05, 0) is 42.7 Å². The second kappa shape index (κ2) is 8.32. The minimum absolute atomic E-state index is 0.296. The molecule has 1 aliphatic rings. The molecule has 0 saturated heterocycles. The van der Waals surface area contributed by atoms with Crippen molar-refractivity contribution in [1.29, 1.82) is 0 Å². The highest BCUT2D eigenvalue weighted by molar-refractivity contribution is 6.10. The van der Waals surface area contributed by atoms with Crippen molar-refractivity contribution in [1.82, 2.24) is 0 Å². The van der Waals surface area contributed by atoms with Crippen molar-refractivity contribution in [2.45, 2.75) is 32.4 Å². The zero-order valence-corrected chi connectivity index (χ0v) is 17.7. The van der Waals surface area contributed by atoms with E-state index in [0.29, 0.717) is 17.8 Å². The van der Waals surface area contributed by atoms with Crippen molar-refractivity contribution in [3.63, 3.8) is 0 Å². The standard InChI is InChI=1S/C27H25NO3/c1-19-12-13-20(2)22(16-19)18-28-25-11-7-6-10-24(25)27(31,26(28)30)17-23(29)15-14-21-8-4-3-5-9-21/h3-16,31H,17-18H2,1-2H3/b15-14+. The molecule has 4 rings (SSSR count). The lowest BCUT2D eigenvalue weighted by molar-refractivity contribution is -0.140. The molecule has 1 unspecified atom stereocenters. The molecule has 0 bridgehead atoms. The summed E-state index contributed by atoms with van der Waals surface area (Å²) in [5, 5.41) is 11.4. The predicted octanol–water partition coefficient (Wildman–Crippen LogP) is 4.71. The molecule has 1 atom stereocenters. The smallest absolute Gasteiger partial charge is 0.264 e. The van der Waals surface area contributed by atoms with Gasteiger partial charge in [-0.3, -0.25) is 9.59 Å². The molecule has 0 radical (unpaired) electrons. The molecule has 31 heavy (non-hydrogen) atoms. The number of carbonyl (C=O) groups excluding carboxylic acids is 2. The maximum Gasteiger partial charge on any atom is 0.264 e. The number of anilines is 1. The van der Waals surface area contributed by atoms with E-state index in [1.54, 1.807) is 23.1 Å². The maximum absolute atomic E-state index is 13.4. The third-order valence-corrected chi connectivity index (χ3v) is 5.76. The monoisotopic (exact) mass is 411 g/mol. The van der Waals surface area contributed by atoms with Crippen molar-refractivity contribution in [3.8, 4) is 0 Å². The summed E-state index contributed by atoms with van der Waals surface area (Å²) in [4.78, 5) is 27.7. The largest absolute Gasteiger partial charge is 0.375 e. The first-order chi connectivity index (χ1) is 14.9. The van der Waals surface area contributed by atoms with Crippen LogP contribution in [0, 0.1) is 13.8 Å². The molecule has 1 N–H and O–H groups in total. The Morgan fingerprint density at radius 2 is 1.71 bits per heavy atom. The lowest BCUT2D eigenvalue weighted by Crippen LogP contribution is -2.41. The van der Waals surface area contributed by atoms with Crippen molar-refractivity contribution < 1.29 is 14.7 Å². The van der Waals surface area contributed by atoms with E-state index in [2.05, 4.69) is 6.07 Å². The van der Waals surface area contributed by atoms with E-state index in [9.17, 15) is 14.7 Å². The van der Waals surface area contributed by atoms with Crippen LogP contribution in [-0.2, 0) is 21.7 Å². The van der Waals surface area contributed by atoms with Gasteiger partial charge in [0.05, 0.1) is 18.7 Å². The highest BCUT2D eigenvalue weighted by Gasteiger charge is 2.50. The number of allylic oxidation sites excluding steroid dienone is 1. The Bertz CT molecular complexity index is 1170. The van der Waals surface area contributed by atoms with Crippen LogP contribution in [0.3, 0.4) is 0 Å². The first-order valence-corrected chi connectivity index (χ1v) is 10.3. The molecule has 3 aromatic rings. The van der Waals surface area contributed by atoms with Gasteiger partial charge in [0.25, 0.3) is 5.91 Å². The van der Waals surface area contributed by atoms with Crippen molar-refractivity contribution in [2.75, 3.05) is 4.90 Å². The van der Waals surface area contributed by atoms with Gasteiger partial charge in [-0.1, -0.05) is 78.4 Å². The van der Waals surface area contributed by atoms with Gasteiger partial charge in [0.1, 0.15) is 0 Å². The summed E-state index contributed by atoms with van der Waals surface area (Å²) in [5.41, 5.74) is 3.35. The van der Waals surface area contributed by atoms with Gasteiger partial charge in [0.15, 0.2) is 11.4 Å². The number of rotatable bonds is 6. The Hall–Kier alpha value is -3.50. The number of para-hydroxylation sites is 1. The first kappa shape index (κ1) is 20.8. The molecule has 0 spiro atoms. The molecule has 0 fully saturated rings. The zero-order valence-electron chi connectivity index (χ0n) is 17.7. The van der Waals surface area contributed by atoms with Crippen molar-refractivity contribution >= 4 is 23.5 Å². The number of ketones is 1. The number of aryl methyl sites for hydroxylation is 2. The molecule has 0 aliphatic carbocycles. The van der Waals surface area contributed by atoms with Crippen molar-refractivity contribution in [3.05, 3.63) is 107 Å². The van der Waals surface area contributed by atoms with Gasteiger partial charge in [0.2, 0.25) is 0 Å². The van der Waals surface area contributed by atoms with Crippen LogP contribution in [0.2, 0.25) is 0 Å². The van der Waals surface area contributed by atoms with Crippen LogP contribution < -0.4 is 4.90 Å². The highest BCUT2D eigenvalue weighted by Crippen LogP contribution is 2.43. The molecule has 4 heteroatoms. The Morgan fingerprint density at radius 3 is 2.48 bits per heavy atom. The lowest BCUT2D eigenvalue weighted by atomic mass is 9.89. The molecule has 0 saturated carbocycles. The van der Waals surface area contributed by atoms with Crippen LogP contribution in [0.5, 0.6) is 0 Å². The minimum Gasteiger partial charge on any atom is -0.375 e. The van der Waals surface area contributed by atoms with Gasteiger partial charge in [-0.2, -0.15) is 0 Å². The summed E-state index contributed by atoms with van der Waals surface area (Å²) in [5.74, 6) is -0.765. The lowest BCUT2D eigenvalue weighted by Gasteiger charge is -2.23. The summed E-state index contributed by atoms with van der Waals surface area (Å²) in [6.07, 6.45) is 2.83. The maximum atomic E-state index is 13.4. The van der Waals surface area contributed by atoms with Crippen LogP contribution >= 0.6 is 0 Å². The Balaban J connectivity index is 1.62. The summed E-state index contributed by atoms with van der Waals surface area (Å²) >= 11 is 0. The fraction of sp³-hybridized carbons (Fsp3) is 0.185. The van der Waals surface area contributed by atoms with Crippen molar-refractivity contribution in [2.24, 2.45) is 0 Å². The molecule has 156 valence electrons. The zero-order chi connectivity index (χ0) is 22.0. The number of aliphatic hydroxyl groups is 1. The molecule has 1 amide bonds. The molecule has 1 heterocycles. The van der Waals surface area contributed by atoms with Crippen LogP contribution in [0.1, 0.15) is 34.2 Å². The summed E-state index contributed by atoms with van der Waals surface area (Å²) < 4.78 is 0. The van der Waals surface area contributed by atoms with E-state index in [1.807, 2.05) is 68.4 Å². The van der Waals surface area contributed by atoms with E-state index in [1.165, 1.54) is 6.08 Å². The quantitative estimate of drug-likeness (QED) is 0.598. The number of carbonyl (C=O) groups is 2. The third kappa shape index (κ3) is 4.07. The molecular weight excluding hydrogens is 386 g/mol. The summed E-state index contributed by atoms with van der Waals surface area (Å²) in [6, 6.07) is 22.7. The number of benzene rings is 3. The average molecular weight is 412 g/mol. The fourth-order valence-corrected chi connectivity index (χ4v) is 4.04. The van der Waals surface area contributed by atoms with E-state index in [0.717, 1.165) is 22.3 Å². The van der Waals surface area contributed by atoms with Crippen LogP contribution in [0.25, 0.3) is 6.08 Å².